The van der Waals surface area contributed by atoms with Gasteiger partial charge in [-0.15, -0.1) is 0 Å². The fourth-order valence-electron chi connectivity index (χ4n) is 1.62. The molecular formula is C14H11ClN4O. The predicted octanol–water partition coefficient (Wildman–Crippen LogP) is 2.32. The molecule has 6 heteroatoms. The van der Waals surface area contributed by atoms with E-state index < -0.39 is 0 Å². The van der Waals surface area contributed by atoms with Gasteiger partial charge in [-0.1, -0.05) is 11.6 Å². The molecule has 0 unspecified atom stereocenters. The van der Waals surface area contributed by atoms with Crippen LogP contribution in [0.15, 0.2) is 36.5 Å². The van der Waals surface area contributed by atoms with Crippen molar-refractivity contribution in [2.45, 2.75) is 6.54 Å². The number of nitriles is 1. The Labute approximate surface area is 121 Å². The van der Waals surface area contributed by atoms with Gasteiger partial charge in [0.1, 0.15) is 0 Å². The van der Waals surface area contributed by atoms with Crippen LogP contribution in [0.4, 0.5) is 5.69 Å². The molecule has 20 heavy (non-hydrogen) atoms. The zero-order valence-electron chi connectivity index (χ0n) is 10.4. The number of pyridine rings is 1. The van der Waals surface area contributed by atoms with E-state index in [1.54, 1.807) is 24.3 Å². The van der Waals surface area contributed by atoms with Crippen LogP contribution in [-0.2, 0) is 6.54 Å². The second-order valence-corrected chi connectivity index (χ2v) is 4.41. The number of nitrogens with zero attached hydrogens (tertiary/aromatic N) is 2. The van der Waals surface area contributed by atoms with Gasteiger partial charge in [-0.3, -0.25) is 9.78 Å². The average Bonchev–Trinajstić information content (AvgIpc) is 2.49. The molecule has 5 nitrogen and oxygen atoms in total. The van der Waals surface area contributed by atoms with E-state index in [0.29, 0.717) is 27.5 Å². The lowest BCUT2D eigenvalue weighted by atomic mass is 10.2. The van der Waals surface area contributed by atoms with Gasteiger partial charge in [0.2, 0.25) is 0 Å². The molecule has 2 aromatic rings. The Balaban J connectivity index is 2.25. The van der Waals surface area contributed by atoms with E-state index in [1.807, 2.05) is 6.07 Å². The van der Waals surface area contributed by atoms with Gasteiger partial charge < -0.3 is 11.1 Å². The molecule has 1 heterocycles. The SMILES string of the molecule is N#Cc1ccc(Cl)c(NC(=O)c2ccnc(CN)c2)c1. The first-order chi connectivity index (χ1) is 9.63. The van der Waals surface area contributed by atoms with E-state index >= 15 is 0 Å². The molecule has 0 bridgehead atoms. The smallest absolute Gasteiger partial charge is 0.255 e. The van der Waals surface area contributed by atoms with Crippen LogP contribution >= 0.6 is 11.6 Å². The lowest BCUT2D eigenvalue weighted by Gasteiger charge is -2.08. The summed E-state index contributed by atoms with van der Waals surface area (Å²) in [5.41, 5.74) is 7.34. The molecule has 1 aromatic heterocycles. The molecule has 0 radical (unpaired) electrons. The average molecular weight is 287 g/mol. The Morgan fingerprint density at radius 1 is 1.40 bits per heavy atom. The Kier molecular flexibility index (Phi) is 4.31. The van der Waals surface area contributed by atoms with Crippen molar-refractivity contribution < 1.29 is 4.79 Å². The second kappa shape index (κ2) is 6.15. The summed E-state index contributed by atoms with van der Waals surface area (Å²) in [5, 5.41) is 11.9. The molecule has 2 rings (SSSR count). The number of halogens is 1. The number of nitrogens with two attached hydrogens (primary N) is 1. The normalized spacial score (nSPS) is 9.85. The van der Waals surface area contributed by atoms with Crippen LogP contribution < -0.4 is 11.1 Å². The molecule has 0 atom stereocenters. The van der Waals surface area contributed by atoms with Gasteiger partial charge in [0.05, 0.1) is 28.0 Å². The number of aromatic nitrogens is 1. The highest BCUT2D eigenvalue weighted by molar-refractivity contribution is 6.34. The largest absolute Gasteiger partial charge is 0.325 e. The molecule has 0 aliphatic rings. The first kappa shape index (κ1) is 14.0. The summed E-state index contributed by atoms with van der Waals surface area (Å²) >= 11 is 5.99. The number of anilines is 1. The molecule has 3 N–H and O–H groups in total. The minimum absolute atomic E-state index is 0.256. The first-order valence-electron chi connectivity index (χ1n) is 5.80. The van der Waals surface area contributed by atoms with Crippen molar-refractivity contribution in [1.82, 2.24) is 4.98 Å². The maximum absolute atomic E-state index is 12.1. The van der Waals surface area contributed by atoms with E-state index in [4.69, 9.17) is 22.6 Å². The summed E-state index contributed by atoms with van der Waals surface area (Å²) in [6, 6.07) is 9.84. The van der Waals surface area contributed by atoms with Crippen molar-refractivity contribution in [1.29, 1.82) is 5.26 Å². The second-order valence-electron chi connectivity index (χ2n) is 4.00. The molecular weight excluding hydrogens is 276 g/mol. The quantitative estimate of drug-likeness (QED) is 0.905. The molecule has 0 fully saturated rings. The molecule has 1 amide bonds. The standard InChI is InChI=1S/C14H11ClN4O/c15-12-2-1-9(7-16)5-13(12)19-14(20)10-3-4-18-11(6-10)8-17/h1-6H,8,17H2,(H,19,20). The first-order valence-corrected chi connectivity index (χ1v) is 6.18. The number of hydrogen-bond acceptors (Lipinski definition) is 4. The van der Waals surface area contributed by atoms with Gasteiger partial charge in [0, 0.05) is 18.3 Å². The third kappa shape index (κ3) is 3.12. The van der Waals surface area contributed by atoms with E-state index in [2.05, 4.69) is 10.3 Å². The van der Waals surface area contributed by atoms with E-state index in [1.165, 1.54) is 12.3 Å². The van der Waals surface area contributed by atoms with Crippen molar-refractivity contribution in [3.63, 3.8) is 0 Å². The fourth-order valence-corrected chi connectivity index (χ4v) is 1.78. The van der Waals surface area contributed by atoms with Gasteiger partial charge in [0.25, 0.3) is 5.91 Å². The van der Waals surface area contributed by atoms with Crippen LogP contribution in [0.1, 0.15) is 21.6 Å². The number of carbonyl (C=O) groups is 1. The monoisotopic (exact) mass is 286 g/mol. The number of benzene rings is 1. The third-order valence-electron chi connectivity index (χ3n) is 2.63. The third-order valence-corrected chi connectivity index (χ3v) is 2.96. The maximum atomic E-state index is 12.1. The van der Waals surface area contributed by atoms with Crippen molar-refractivity contribution in [3.05, 3.63) is 58.4 Å². The fraction of sp³-hybridized carbons (Fsp3) is 0.0714. The minimum Gasteiger partial charge on any atom is -0.325 e. The number of nitrogens with one attached hydrogen (secondary N) is 1. The molecule has 1 aromatic carbocycles. The molecule has 100 valence electrons. The lowest BCUT2D eigenvalue weighted by Crippen LogP contribution is -2.13. The number of carbonyl (C=O) groups excluding carboxylic acids is 1. The van der Waals surface area contributed by atoms with Gasteiger partial charge >= 0.3 is 0 Å². The highest BCUT2D eigenvalue weighted by Gasteiger charge is 2.10. The Hall–Kier alpha value is -2.42. The Morgan fingerprint density at radius 2 is 2.20 bits per heavy atom. The molecule has 0 saturated carbocycles. The Bertz CT molecular complexity index is 694. The zero-order valence-corrected chi connectivity index (χ0v) is 11.2. The van der Waals surface area contributed by atoms with Crippen LogP contribution in [0, 0.1) is 11.3 Å². The summed E-state index contributed by atoms with van der Waals surface area (Å²) < 4.78 is 0. The van der Waals surface area contributed by atoms with Crippen molar-refractivity contribution in [2.75, 3.05) is 5.32 Å². The summed E-state index contributed by atoms with van der Waals surface area (Å²) in [6.07, 6.45) is 1.52. The predicted molar refractivity (Wildman–Crippen MR) is 76.2 cm³/mol. The highest BCUT2D eigenvalue weighted by Crippen LogP contribution is 2.23. The van der Waals surface area contributed by atoms with Gasteiger partial charge in [0.15, 0.2) is 0 Å². The summed E-state index contributed by atoms with van der Waals surface area (Å²) in [4.78, 5) is 16.1. The summed E-state index contributed by atoms with van der Waals surface area (Å²) in [5.74, 6) is -0.334. The van der Waals surface area contributed by atoms with Gasteiger partial charge in [-0.25, -0.2) is 0 Å². The number of amides is 1. The highest BCUT2D eigenvalue weighted by atomic mass is 35.5. The van der Waals surface area contributed by atoms with Crippen LogP contribution in [0.3, 0.4) is 0 Å². The maximum Gasteiger partial charge on any atom is 0.255 e. The van der Waals surface area contributed by atoms with Crippen LogP contribution in [0.2, 0.25) is 5.02 Å². The van der Waals surface area contributed by atoms with Crippen molar-refractivity contribution >= 4 is 23.2 Å². The topological polar surface area (TPSA) is 91.8 Å². The molecule has 0 aliphatic heterocycles. The lowest BCUT2D eigenvalue weighted by molar-refractivity contribution is 0.102. The van der Waals surface area contributed by atoms with Crippen molar-refractivity contribution in [2.24, 2.45) is 5.73 Å². The molecule has 0 spiro atoms. The zero-order chi connectivity index (χ0) is 14.5. The van der Waals surface area contributed by atoms with Gasteiger partial charge in [-0.05, 0) is 30.3 Å². The molecule has 0 saturated heterocycles. The molecule has 0 aliphatic carbocycles. The van der Waals surface area contributed by atoms with E-state index in [0.717, 1.165) is 0 Å². The van der Waals surface area contributed by atoms with Crippen LogP contribution in [-0.4, -0.2) is 10.9 Å². The number of hydrogen-bond donors (Lipinski definition) is 2. The summed E-state index contributed by atoms with van der Waals surface area (Å²) in [6.45, 7) is 0.256. The Morgan fingerprint density at radius 3 is 2.90 bits per heavy atom. The van der Waals surface area contributed by atoms with E-state index in [-0.39, 0.29) is 12.5 Å². The van der Waals surface area contributed by atoms with Crippen molar-refractivity contribution in [3.8, 4) is 6.07 Å². The van der Waals surface area contributed by atoms with Crippen LogP contribution in [0.25, 0.3) is 0 Å². The van der Waals surface area contributed by atoms with Crippen LogP contribution in [0.5, 0.6) is 0 Å². The van der Waals surface area contributed by atoms with E-state index in [9.17, 15) is 4.79 Å². The summed E-state index contributed by atoms with van der Waals surface area (Å²) in [7, 11) is 0. The van der Waals surface area contributed by atoms with Gasteiger partial charge in [-0.2, -0.15) is 5.26 Å². The minimum atomic E-state index is -0.334. The number of rotatable bonds is 3.